The van der Waals surface area contributed by atoms with Crippen molar-refractivity contribution < 1.29 is 9.18 Å². The Labute approximate surface area is 172 Å². The van der Waals surface area contributed by atoms with Crippen molar-refractivity contribution in [1.82, 2.24) is 20.1 Å². The zero-order valence-electron chi connectivity index (χ0n) is 16.5. The van der Waals surface area contributed by atoms with Crippen LogP contribution in [0.25, 0.3) is 22.2 Å². The molecule has 30 heavy (non-hydrogen) atoms. The van der Waals surface area contributed by atoms with Crippen molar-refractivity contribution >= 4 is 16.8 Å². The maximum Gasteiger partial charge on any atom is 0.261 e. The Hall–Kier alpha value is -3.74. The van der Waals surface area contributed by atoms with Crippen molar-refractivity contribution in [3.05, 3.63) is 88.1 Å². The number of aromatic nitrogens is 3. The lowest BCUT2D eigenvalue weighted by Crippen LogP contribution is -2.32. The van der Waals surface area contributed by atoms with E-state index in [-0.39, 0.29) is 22.8 Å². The maximum absolute atomic E-state index is 13.4. The summed E-state index contributed by atoms with van der Waals surface area (Å²) >= 11 is 0. The summed E-state index contributed by atoms with van der Waals surface area (Å²) in [5.41, 5.74) is 2.73. The number of aryl methyl sites for hydroxylation is 1. The van der Waals surface area contributed by atoms with Crippen molar-refractivity contribution in [2.24, 2.45) is 0 Å². The predicted octanol–water partition coefficient (Wildman–Crippen LogP) is 3.76. The molecule has 2 N–H and O–H groups in total. The van der Waals surface area contributed by atoms with Crippen LogP contribution in [0.4, 0.5) is 4.39 Å². The number of hydrogen-bond acceptors (Lipinski definition) is 3. The van der Waals surface area contributed by atoms with Crippen LogP contribution in [0.3, 0.4) is 0 Å². The highest BCUT2D eigenvalue weighted by atomic mass is 19.1. The molecule has 0 bridgehead atoms. The number of H-pyrrole nitrogens is 2. The van der Waals surface area contributed by atoms with E-state index in [4.69, 9.17) is 0 Å². The molecule has 7 heteroatoms. The minimum Gasteiger partial charge on any atom is -0.342 e. The molecule has 0 radical (unpaired) electrons. The lowest BCUT2D eigenvalue weighted by atomic mass is 10.1. The summed E-state index contributed by atoms with van der Waals surface area (Å²) < 4.78 is 13.4. The van der Waals surface area contributed by atoms with Crippen LogP contribution in [0, 0.1) is 5.82 Å². The zero-order valence-corrected chi connectivity index (χ0v) is 16.5. The highest BCUT2D eigenvalue weighted by molar-refractivity contribution is 5.97. The third-order valence-corrected chi connectivity index (χ3v) is 5.02. The molecule has 2 heterocycles. The molecular weight excluding hydrogens is 383 g/mol. The molecule has 2 aromatic carbocycles. The number of carbonyl (C=O) groups is 1. The average Bonchev–Trinajstić information content (AvgIpc) is 3.21. The van der Waals surface area contributed by atoms with E-state index in [0.717, 1.165) is 11.1 Å². The van der Waals surface area contributed by atoms with E-state index in [0.29, 0.717) is 36.2 Å². The number of benzene rings is 2. The van der Waals surface area contributed by atoms with Crippen molar-refractivity contribution in [1.29, 1.82) is 0 Å². The Kier molecular flexibility index (Phi) is 5.43. The number of fused-ring (bicyclic) bond motifs is 1. The average molecular weight is 404 g/mol. The lowest BCUT2D eigenvalue weighted by Gasteiger charge is -2.16. The molecule has 0 saturated carbocycles. The van der Waals surface area contributed by atoms with Crippen LogP contribution < -0.4 is 5.56 Å². The van der Waals surface area contributed by atoms with Crippen LogP contribution in [-0.2, 0) is 6.42 Å². The number of carbonyl (C=O) groups excluding carboxylic acids is 1. The molecule has 0 saturated heterocycles. The van der Waals surface area contributed by atoms with E-state index in [9.17, 15) is 14.0 Å². The monoisotopic (exact) mass is 404 g/mol. The van der Waals surface area contributed by atoms with Gasteiger partial charge in [0.05, 0.1) is 5.69 Å². The first-order valence-electron chi connectivity index (χ1n) is 9.69. The van der Waals surface area contributed by atoms with Gasteiger partial charge in [-0.05, 0) is 48.6 Å². The molecule has 1 amide bonds. The van der Waals surface area contributed by atoms with Gasteiger partial charge >= 0.3 is 0 Å². The van der Waals surface area contributed by atoms with Gasteiger partial charge in [0.1, 0.15) is 11.4 Å². The summed E-state index contributed by atoms with van der Waals surface area (Å²) in [5, 5.41) is 8.00. The Bertz CT molecular complexity index is 1260. The van der Waals surface area contributed by atoms with Crippen LogP contribution in [0.5, 0.6) is 0 Å². The van der Waals surface area contributed by atoms with Crippen LogP contribution in [0.15, 0.2) is 65.5 Å². The van der Waals surface area contributed by atoms with Crippen LogP contribution in [0.2, 0.25) is 0 Å². The Morgan fingerprint density at radius 3 is 2.77 bits per heavy atom. The van der Waals surface area contributed by atoms with Gasteiger partial charge in [-0.15, -0.1) is 0 Å². The second-order valence-corrected chi connectivity index (χ2v) is 7.22. The first kappa shape index (κ1) is 19.6. The van der Waals surface area contributed by atoms with Gasteiger partial charge in [-0.25, -0.2) is 4.39 Å². The van der Waals surface area contributed by atoms with Gasteiger partial charge < -0.3 is 9.88 Å². The summed E-state index contributed by atoms with van der Waals surface area (Å²) in [6, 6.07) is 17.1. The Balaban J connectivity index is 1.38. The highest BCUT2D eigenvalue weighted by Crippen LogP contribution is 2.19. The van der Waals surface area contributed by atoms with Crippen LogP contribution >= 0.6 is 0 Å². The van der Waals surface area contributed by atoms with Crippen molar-refractivity contribution in [3.8, 4) is 11.3 Å². The van der Waals surface area contributed by atoms with Crippen molar-refractivity contribution in [3.63, 3.8) is 0 Å². The summed E-state index contributed by atoms with van der Waals surface area (Å²) in [6.07, 6.45) is 1.37. The zero-order chi connectivity index (χ0) is 21.1. The molecule has 0 aliphatic carbocycles. The molecule has 152 valence electrons. The van der Waals surface area contributed by atoms with E-state index >= 15 is 0 Å². The van der Waals surface area contributed by atoms with Gasteiger partial charge in [-0.2, -0.15) is 5.10 Å². The second kappa shape index (κ2) is 8.32. The number of hydrogen-bond donors (Lipinski definition) is 2. The molecule has 0 atom stereocenters. The number of para-hydroxylation sites is 1. The molecule has 0 aliphatic heterocycles. The Morgan fingerprint density at radius 2 is 1.93 bits per heavy atom. The smallest absolute Gasteiger partial charge is 0.261 e. The SMILES string of the molecule is CN(CCCc1cc(-c2cccc(F)c2)n[nH]1)C(=O)c1cc2ccccc2[nH]c1=O. The summed E-state index contributed by atoms with van der Waals surface area (Å²) in [7, 11) is 1.68. The van der Waals surface area contributed by atoms with Crippen LogP contribution in [0.1, 0.15) is 22.5 Å². The summed E-state index contributed by atoms with van der Waals surface area (Å²) in [4.78, 5) is 29.3. The molecular formula is C23H21FN4O2. The topological polar surface area (TPSA) is 81.8 Å². The number of rotatable bonds is 6. The maximum atomic E-state index is 13.4. The van der Waals surface area contributed by atoms with Gasteiger partial charge in [0.25, 0.3) is 11.5 Å². The van der Waals surface area contributed by atoms with Gasteiger partial charge in [0.2, 0.25) is 0 Å². The third-order valence-electron chi connectivity index (χ3n) is 5.02. The fraction of sp³-hybridized carbons (Fsp3) is 0.174. The molecule has 0 fully saturated rings. The quantitative estimate of drug-likeness (QED) is 0.513. The van der Waals surface area contributed by atoms with E-state index in [2.05, 4.69) is 15.2 Å². The van der Waals surface area contributed by atoms with Crippen molar-refractivity contribution in [2.45, 2.75) is 12.8 Å². The molecule has 4 rings (SSSR count). The van der Waals surface area contributed by atoms with E-state index in [1.54, 1.807) is 36.2 Å². The number of nitrogens with one attached hydrogen (secondary N) is 2. The molecule has 0 unspecified atom stereocenters. The van der Waals surface area contributed by atoms with Gasteiger partial charge in [-0.1, -0.05) is 30.3 Å². The van der Waals surface area contributed by atoms with Gasteiger partial charge in [0, 0.05) is 30.4 Å². The number of pyridine rings is 1. The number of amides is 1. The molecule has 0 spiro atoms. The second-order valence-electron chi connectivity index (χ2n) is 7.22. The first-order valence-corrected chi connectivity index (χ1v) is 9.69. The normalized spacial score (nSPS) is 11.0. The molecule has 2 aromatic heterocycles. The molecule has 4 aromatic rings. The summed E-state index contributed by atoms with van der Waals surface area (Å²) in [5.74, 6) is -0.618. The highest BCUT2D eigenvalue weighted by Gasteiger charge is 2.16. The summed E-state index contributed by atoms with van der Waals surface area (Å²) in [6.45, 7) is 0.486. The van der Waals surface area contributed by atoms with E-state index < -0.39 is 0 Å². The van der Waals surface area contributed by atoms with E-state index in [1.807, 2.05) is 24.3 Å². The predicted molar refractivity (Wildman–Crippen MR) is 114 cm³/mol. The molecule has 6 nitrogen and oxygen atoms in total. The van der Waals surface area contributed by atoms with Crippen LogP contribution in [-0.4, -0.2) is 39.6 Å². The number of halogens is 1. The Morgan fingerprint density at radius 1 is 1.10 bits per heavy atom. The largest absolute Gasteiger partial charge is 0.342 e. The fourth-order valence-electron chi connectivity index (χ4n) is 3.41. The number of aromatic amines is 2. The number of nitrogens with zero attached hydrogens (tertiary/aromatic N) is 2. The van der Waals surface area contributed by atoms with E-state index in [1.165, 1.54) is 12.1 Å². The molecule has 0 aliphatic rings. The van der Waals surface area contributed by atoms with Crippen molar-refractivity contribution in [2.75, 3.05) is 13.6 Å². The minimum atomic E-state index is -0.390. The first-order chi connectivity index (χ1) is 14.5. The third kappa shape index (κ3) is 4.15. The lowest BCUT2D eigenvalue weighted by molar-refractivity contribution is 0.0792. The van der Waals surface area contributed by atoms with Gasteiger partial charge in [-0.3, -0.25) is 14.7 Å². The standard InChI is InChI=1S/C23H21FN4O2/c1-28(23(30)19-13-16-6-2-3-10-20(16)25-22(19)29)11-5-9-18-14-21(27-26-18)15-7-4-8-17(24)12-15/h2-4,6-8,10,12-14H,5,9,11H2,1H3,(H,25,29)(H,26,27). The minimum absolute atomic E-state index is 0.131. The van der Waals surface area contributed by atoms with Gasteiger partial charge in [0.15, 0.2) is 0 Å². The fourth-order valence-corrected chi connectivity index (χ4v) is 3.41.